The number of hydrogen-bond donors (Lipinski definition) is 2. The zero-order valence-corrected chi connectivity index (χ0v) is 12.3. The zero-order chi connectivity index (χ0) is 16.8. The van der Waals surface area contributed by atoms with E-state index in [0.717, 1.165) is 13.1 Å². The number of carbonyl (C=O) groups excluding carboxylic acids is 1. The van der Waals surface area contributed by atoms with Crippen LogP contribution < -0.4 is 5.32 Å². The molecule has 124 valence electrons. The largest absolute Gasteiger partial charge is 0.446 e. The van der Waals surface area contributed by atoms with E-state index in [1.54, 1.807) is 12.1 Å². The van der Waals surface area contributed by atoms with Gasteiger partial charge in [0.2, 0.25) is 6.29 Å². The lowest BCUT2D eigenvalue weighted by atomic mass is 9.86. The molecule has 0 unspecified atom stereocenters. The van der Waals surface area contributed by atoms with Gasteiger partial charge in [0.1, 0.15) is 5.82 Å². The molecule has 2 rings (SSSR count). The molecule has 0 amide bonds. The van der Waals surface area contributed by atoms with Crippen LogP contribution in [0, 0.1) is 5.82 Å². The highest BCUT2D eigenvalue weighted by atomic mass is 35.5. The summed E-state index contributed by atoms with van der Waals surface area (Å²) in [5.74, 6) is -0.334. The summed E-state index contributed by atoms with van der Waals surface area (Å²) < 4.78 is 44.8. The molecule has 1 aromatic carbocycles. The van der Waals surface area contributed by atoms with Crippen molar-refractivity contribution in [2.24, 2.45) is 0 Å². The fourth-order valence-electron chi connectivity index (χ4n) is 2.09. The van der Waals surface area contributed by atoms with Gasteiger partial charge in [-0.3, -0.25) is 4.79 Å². The monoisotopic (exact) mass is 341 g/mol. The molecule has 0 aromatic heterocycles. The molecule has 0 bridgehead atoms. The molecule has 1 aliphatic heterocycles. The Morgan fingerprint density at radius 2 is 1.86 bits per heavy atom. The molecule has 0 spiro atoms. The number of alkyl halides is 3. The van der Waals surface area contributed by atoms with Gasteiger partial charge in [-0.25, -0.2) is 4.39 Å². The third-order valence-corrected chi connectivity index (χ3v) is 3.44. The molecule has 1 saturated heterocycles. The SMILES string of the molecule is O=CC(F)(F)F.OC1(Cc2ccc(Cl)cc2F)CCNCC1. The van der Waals surface area contributed by atoms with E-state index in [1.165, 1.54) is 6.07 Å². The summed E-state index contributed by atoms with van der Waals surface area (Å²) in [7, 11) is 0. The molecular formula is C14H16ClF4NO2. The molecule has 22 heavy (non-hydrogen) atoms. The Labute approximate surface area is 130 Å². The third-order valence-electron chi connectivity index (χ3n) is 3.20. The van der Waals surface area contributed by atoms with Crippen molar-refractivity contribution in [3.63, 3.8) is 0 Å². The molecule has 0 aliphatic carbocycles. The first-order chi connectivity index (χ1) is 10.2. The highest BCUT2D eigenvalue weighted by molar-refractivity contribution is 6.30. The van der Waals surface area contributed by atoms with Crippen molar-refractivity contribution in [3.8, 4) is 0 Å². The van der Waals surface area contributed by atoms with E-state index in [4.69, 9.17) is 16.4 Å². The second kappa shape index (κ2) is 7.89. The Bertz CT molecular complexity index is 502. The topological polar surface area (TPSA) is 49.3 Å². The van der Waals surface area contributed by atoms with E-state index in [2.05, 4.69) is 5.32 Å². The van der Waals surface area contributed by atoms with Crippen LogP contribution in [0.25, 0.3) is 0 Å². The van der Waals surface area contributed by atoms with E-state index in [9.17, 15) is 22.7 Å². The Hall–Kier alpha value is -1.18. The number of carbonyl (C=O) groups is 1. The maximum absolute atomic E-state index is 13.6. The number of aldehydes is 1. The predicted molar refractivity (Wildman–Crippen MR) is 74.3 cm³/mol. The van der Waals surface area contributed by atoms with Crippen LogP contribution in [-0.4, -0.2) is 36.3 Å². The molecule has 2 N–H and O–H groups in total. The first kappa shape index (κ1) is 18.9. The van der Waals surface area contributed by atoms with Crippen LogP contribution in [0.1, 0.15) is 18.4 Å². The second-order valence-electron chi connectivity index (χ2n) is 5.05. The van der Waals surface area contributed by atoms with Crippen molar-refractivity contribution in [1.29, 1.82) is 0 Å². The van der Waals surface area contributed by atoms with Crippen LogP contribution in [0.4, 0.5) is 17.6 Å². The molecule has 0 radical (unpaired) electrons. The second-order valence-corrected chi connectivity index (χ2v) is 5.48. The quantitative estimate of drug-likeness (QED) is 0.642. The maximum atomic E-state index is 13.6. The summed E-state index contributed by atoms with van der Waals surface area (Å²) in [4.78, 5) is 8.70. The van der Waals surface area contributed by atoms with Crippen molar-refractivity contribution in [1.82, 2.24) is 5.32 Å². The Balaban J connectivity index is 0.000000346. The average Bonchev–Trinajstić information content (AvgIpc) is 2.43. The molecule has 3 nitrogen and oxygen atoms in total. The van der Waals surface area contributed by atoms with Crippen LogP contribution in [0.2, 0.25) is 5.02 Å². The van der Waals surface area contributed by atoms with Gasteiger partial charge >= 0.3 is 6.18 Å². The van der Waals surface area contributed by atoms with E-state index >= 15 is 0 Å². The van der Waals surface area contributed by atoms with Crippen LogP contribution in [0.15, 0.2) is 18.2 Å². The highest BCUT2D eigenvalue weighted by Gasteiger charge is 2.30. The molecule has 1 heterocycles. The molecule has 0 atom stereocenters. The first-order valence-corrected chi connectivity index (χ1v) is 6.93. The molecule has 0 saturated carbocycles. The van der Waals surface area contributed by atoms with Gasteiger partial charge < -0.3 is 10.4 Å². The third kappa shape index (κ3) is 6.72. The van der Waals surface area contributed by atoms with Gasteiger partial charge in [-0.05, 0) is 43.6 Å². The number of nitrogens with one attached hydrogen (secondary N) is 1. The van der Waals surface area contributed by atoms with Gasteiger partial charge in [0.25, 0.3) is 0 Å². The fourth-order valence-corrected chi connectivity index (χ4v) is 2.25. The molecule has 1 aromatic rings. The number of halogens is 5. The smallest absolute Gasteiger partial charge is 0.389 e. The summed E-state index contributed by atoms with van der Waals surface area (Å²) in [5.41, 5.74) is -0.242. The summed E-state index contributed by atoms with van der Waals surface area (Å²) in [5, 5.41) is 13.8. The minimum atomic E-state index is -4.64. The summed E-state index contributed by atoms with van der Waals surface area (Å²) in [6, 6.07) is 4.60. The Kier molecular flexibility index (Phi) is 6.77. The van der Waals surface area contributed by atoms with Crippen molar-refractivity contribution in [3.05, 3.63) is 34.6 Å². The number of rotatable bonds is 2. The lowest BCUT2D eigenvalue weighted by Crippen LogP contribution is -2.43. The first-order valence-electron chi connectivity index (χ1n) is 6.55. The summed E-state index contributed by atoms with van der Waals surface area (Å²) in [6.07, 6.45) is -4.02. The number of piperidine rings is 1. The van der Waals surface area contributed by atoms with E-state index in [1.807, 2.05) is 0 Å². The van der Waals surface area contributed by atoms with Gasteiger partial charge in [0.05, 0.1) is 5.60 Å². The lowest BCUT2D eigenvalue weighted by molar-refractivity contribution is -0.156. The maximum Gasteiger partial charge on any atom is 0.446 e. The zero-order valence-electron chi connectivity index (χ0n) is 11.6. The number of aliphatic hydroxyl groups is 1. The van der Waals surface area contributed by atoms with Gasteiger partial charge in [0.15, 0.2) is 0 Å². The van der Waals surface area contributed by atoms with Crippen molar-refractivity contribution >= 4 is 17.9 Å². The van der Waals surface area contributed by atoms with E-state index in [0.29, 0.717) is 29.8 Å². The van der Waals surface area contributed by atoms with Crippen LogP contribution in [0.5, 0.6) is 0 Å². The van der Waals surface area contributed by atoms with Gasteiger partial charge in [0, 0.05) is 11.4 Å². The summed E-state index contributed by atoms with van der Waals surface area (Å²) >= 11 is 5.68. The van der Waals surface area contributed by atoms with E-state index in [-0.39, 0.29) is 5.82 Å². The van der Waals surface area contributed by atoms with Crippen LogP contribution in [0.3, 0.4) is 0 Å². The average molecular weight is 342 g/mol. The summed E-state index contributed by atoms with van der Waals surface area (Å²) in [6.45, 7) is 1.57. The van der Waals surface area contributed by atoms with E-state index < -0.39 is 18.1 Å². The van der Waals surface area contributed by atoms with Gasteiger partial charge in [-0.2, -0.15) is 13.2 Å². The van der Waals surface area contributed by atoms with Crippen LogP contribution >= 0.6 is 11.6 Å². The molecular weight excluding hydrogens is 326 g/mol. The fraction of sp³-hybridized carbons (Fsp3) is 0.500. The minimum absolute atomic E-state index is 0.334. The Morgan fingerprint density at radius 1 is 1.32 bits per heavy atom. The molecule has 8 heteroatoms. The van der Waals surface area contributed by atoms with Crippen molar-refractivity contribution in [2.45, 2.75) is 31.0 Å². The van der Waals surface area contributed by atoms with Crippen molar-refractivity contribution in [2.75, 3.05) is 13.1 Å². The molecule has 1 aliphatic rings. The number of benzene rings is 1. The molecule has 1 fully saturated rings. The van der Waals surface area contributed by atoms with Gasteiger partial charge in [-0.1, -0.05) is 17.7 Å². The standard InChI is InChI=1S/C12H15ClFNO.C2HF3O/c13-10-2-1-9(11(14)7-10)8-12(16)3-5-15-6-4-12;3-2(4,5)1-6/h1-2,7,15-16H,3-6,8H2;1H. The predicted octanol–water partition coefficient (Wildman–Crippen LogP) is 2.88. The van der Waals surface area contributed by atoms with Gasteiger partial charge in [-0.15, -0.1) is 0 Å². The minimum Gasteiger partial charge on any atom is -0.389 e. The van der Waals surface area contributed by atoms with Crippen LogP contribution in [-0.2, 0) is 11.2 Å². The lowest BCUT2D eigenvalue weighted by Gasteiger charge is -2.32. The Morgan fingerprint density at radius 3 is 2.32 bits per heavy atom. The normalized spacial score (nSPS) is 17.4. The van der Waals surface area contributed by atoms with Crippen molar-refractivity contribution < 1.29 is 27.5 Å². The highest BCUT2D eigenvalue weighted by Crippen LogP contribution is 2.25. The number of hydrogen-bond acceptors (Lipinski definition) is 3.